The Kier molecular flexibility index (Phi) is 4.69. The number of rotatable bonds is 4. The fourth-order valence-electron chi connectivity index (χ4n) is 3.41. The quantitative estimate of drug-likeness (QED) is 0.900. The lowest BCUT2D eigenvalue weighted by atomic mass is 9.68. The molecule has 0 spiro atoms. The lowest BCUT2D eigenvalue weighted by Gasteiger charge is -2.38. The standard InChI is InChI=1S/C17H26FNO/c1-12(2)13-9-14(16(20-3)10-15(13)18)17(11-19)7-5-4-6-8-17/h9-10,12H,4-8,11,19H2,1-3H3. The highest BCUT2D eigenvalue weighted by atomic mass is 19.1. The second-order valence-corrected chi connectivity index (χ2v) is 6.27. The summed E-state index contributed by atoms with van der Waals surface area (Å²) in [5, 5.41) is 0. The molecule has 1 aromatic rings. The van der Waals surface area contributed by atoms with E-state index in [0.717, 1.165) is 24.0 Å². The van der Waals surface area contributed by atoms with E-state index in [1.54, 1.807) is 7.11 Å². The second kappa shape index (κ2) is 6.13. The fourth-order valence-corrected chi connectivity index (χ4v) is 3.41. The van der Waals surface area contributed by atoms with Crippen molar-refractivity contribution in [1.82, 2.24) is 0 Å². The summed E-state index contributed by atoms with van der Waals surface area (Å²) < 4.78 is 19.6. The molecule has 0 saturated heterocycles. The zero-order chi connectivity index (χ0) is 14.8. The molecule has 112 valence electrons. The molecule has 0 amide bonds. The Balaban J connectivity index is 2.55. The number of methoxy groups -OCH3 is 1. The minimum atomic E-state index is -0.177. The van der Waals surface area contributed by atoms with Crippen LogP contribution in [-0.2, 0) is 5.41 Å². The summed E-state index contributed by atoms with van der Waals surface area (Å²) in [7, 11) is 1.61. The van der Waals surface area contributed by atoms with Gasteiger partial charge in [-0.25, -0.2) is 4.39 Å². The minimum Gasteiger partial charge on any atom is -0.496 e. The molecule has 1 aliphatic rings. The SMILES string of the molecule is COc1cc(F)c(C(C)C)cc1C1(CN)CCCCC1. The Labute approximate surface area is 121 Å². The molecular weight excluding hydrogens is 253 g/mol. The lowest BCUT2D eigenvalue weighted by molar-refractivity contribution is 0.286. The van der Waals surface area contributed by atoms with Crippen LogP contribution >= 0.6 is 0 Å². The van der Waals surface area contributed by atoms with Gasteiger partial charge in [0, 0.05) is 23.6 Å². The molecule has 2 rings (SSSR count). The number of hydrogen-bond donors (Lipinski definition) is 1. The van der Waals surface area contributed by atoms with Crippen LogP contribution in [0.5, 0.6) is 5.75 Å². The summed E-state index contributed by atoms with van der Waals surface area (Å²) in [6.45, 7) is 4.64. The Morgan fingerprint density at radius 1 is 1.25 bits per heavy atom. The summed E-state index contributed by atoms with van der Waals surface area (Å²) in [5.41, 5.74) is 7.94. The molecule has 2 N–H and O–H groups in total. The summed E-state index contributed by atoms with van der Waals surface area (Å²) in [6.07, 6.45) is 5.79. The van der Waals surface area contributed by atoms with Crippen LogP contribution in [0, 0.1) is 5.82 Å². The zero-order valence-corrected chi connectivity index (χ0v) is 12.8. The van der Waals surface area contributed by atoms with E-state index in [1.165, 1.54) is 25.3 Å². The largest absolute Gasteiger partial charge is 0.496 e. The van der Waals surface area contributed by atoms with E-state index in [-0.39, 0.29) is 17.2 Å². The maximum absolute atomic E-state index is 14.2. The Bertz CT molecular complexity index is 464. The van der Waals surface area contributed by atoms with Gasteiger partial charge in [0.15, 0.2) is 0 Å². The van der Waals surface area contributed by atoms with Gasteiger partial charge in [-0.15, -0.1) is 0 Å². The highest BCUT2D eigenvalue weighted by Gasteiger charge is 2.35. The third kappa shape index (κ3) is 2.69. The predicted octanol–water partition coefficient (Wildman–Crippen LogP) is 4.12. The molecule has 1 aliphatic carbocycles. The summed E-state index contributed by atoms with van der Waals surface area (Å²) >= 11 is 0. The molecule has 0 bridgehead atoms. The molecule has 3 heteroatoms. The van der Waals surface area contributed by atoms with Crippen molar-refractivity contribution in [2.45, 2.75) is 57.3 Å². The molecule has 0 aliphatic heterocycles. The molecule has 0 unspecified atom stereocenters. The van der Waals surface area contributed by atoms with Crippen molar-refractivity contribution >= 4 is 0 Å². The molecule has 1 aromatic carbocycles. The van der Waals surface area contributed by atoms with Gasteiger partial charge in [0.25, 0.3) is 0 Å². The zero-order valence-electron chi connectivity index (χ0n) is 12.8. The van der Waals surface area contributed by atoms with Gasteiger partial charge in [0.05, 0.1) is 7.11 Å². The maximum Gasteiger partial charge on any atom is 0.130 e. The van der Waals surface area contributed by atoms with E-state index in [2.05, 4.69) is 0 Å². The van der Waals surface area contributed by atoms with Gasteiger partial charge in [0.1, 0.15) is 11.6 Å². The molecule has 2 nitrogen and oxygen atoms in total. The van der Waals surface area contributed by atoms with Gasteiger partial charge in [-0.05, 0) is 30.4 Å². The van der Waals surface area contributed by atoms with Crippen LogP contribution in [0.2, 0.25) is 0 Å². The lowest BCUT2D eigenvalue weighted by Crippen LogP contribution is -2.37. The maximum atomic E-state index is 14.2. The summed E-state index contributed by atoms with van der Waals surface area (Å²) in [4.78, 5) is 0. The average Bonchev–Trinajstić information content (AvgIpc) is 2.47. The van der Waals surface area contributed by atoms with Gasteiger partial charge in [-0.3, -0.25) is 0 Å². The summed E-state index contributed by atoms with van der Waals surface area (Å²) in [6, 6.07) is 3.54. The first-order chi connectivity index (χ1) is 9.54. The Morgan fingerprint density at radius 2 is 1.90 bits per heavy atom. The molecule has 20 heavy (non-hydrogen) atoms. The van der Waals surface area contributed by atoms with Gasteiger partial charge < -0.3 is 10.5 Å². The average molecular weight is 279 g/mol. The van der Waals surface area contributed by atoms with E-state index in [4.69, 9.17) is 10.5 Å². The molecule has 0 heterocycles. The van der Waals surface area contributed by atoms with Crippen LogP contribution in [0.15, 0.2) is 12.1 Å². The number of benzene rings is 1. The van der Waals surface area contributed by atoms with Crippen molar-refractivity contribution in [2.24, 2.45) is 5.73 Å². The van der Waals surface area contributed by atoms with Crippen molar-refractivity contribution in [3.05, 3.63) is 29.1 Å². The van der Waals surface area contributed by atoms with E-state index in [0.29, 0.717) is 12.3 Å². The number of halogens is 1. The van der Waals surface area contributed by atoms with Crippen LogP contribution in [-0.4, -0.2) is 13.7 Å². The minimum absolute atomic E-state index is 0.0407. The van der Waals surface area contributed by atoms with Crippen molar-refractivity contribution in [2.75, 3.05) is 13.7 Å². The van der Waals surface area contributed by atoms with Crippen LogP contribution in [0.25, 0.3) is 0 Å². The third-order valence-electron chi connectivity index (χ3n) is 4.71. The van der Waals surface area contributed by atoms with Crippen molar-refractivity contribution in [1.29, 1.82) is 0 Å². The van der Waals surface area contributed by atoms with Crippen LogP contribution < -0.4 is 10.5 Å². The van der Waals surface area contributed by atoms with Gasteiger partial charge >= 0.3 is 0 Å². The molecule has 0 aromatic heterocycles. The van der Waals surface area contributed by atoms with E-state index < -0.39 is 0 Å². The summed E-state index contributed by atoms with van der Waals surface area (Å²) in [5.74, 6) is 0.640. The van der Waals surface area contributed by atoms with Crippen molar-refractivity contribution < 1.29 is 9.13 Å². The van der Waals surface area contributed by atoms with Crippen LogP contribution in [0.1, 0.15) is 63.0 Å². The van der Waals surface area contributed by atoms with Crippen molar-refractivity contribution in [3.63, 3.8) is 0 Å². The highest BCUT2D eigenvalue weighted by molar-refractivity contribution is 5.45. The van der Waals surface area contributed by atoms with Crippen LogP contribution in [0.3, 0.4) is 0 Å². The third-order valence-corrected chi connectivity index (χ3v) is 4.71. The first kappa shape index (κ1) is 15.3. The number of hydrogen-bond acceptors (Lipinski definition) is 2. The van der Waals surface area contributed by atoms with Gasteiger partial charge in [0.2, 0.25) is 0 Å². The predicted molar refractivity (Wildman–Crippen MR) is 80.9 cm³/mol. The normalized spacial score (nSPS) is 18.3. The first-order valence-electron chi connectivity index (χ1n) is 7.62. The Hall–Kier alpha value is -1.09. The molecular formula is C17H26FNO. The molecule has 1 fully saturated rings. The van der Waals surface area contributed by atoms with Crippen LogP contribution in [0.4, 0.5) is 4.39 Å². The topological polar surface area (TPSA) is 35.2 Å². The van der Waals surface area contributed by atoms with E-state index in [9.17, 15) is 4.39 Å². The van der Waals surface area contributed by atoms with Gasteiger partial charge in [-0.1, -0.05) is 33.1 Å². The van der Waals surface area contributed by atoms with E-state index in [1.807, 2.05) is 19.9 Å². The number of nitrogens with two attached hydrogens (primary N) is 1. The molecule has 0 radical (unpaired) electrons. The number of ether oxygens (including phenoxy) is 1. The molecule has 1 saturated carbocycles. The smallest absolute Gasteiger partial charge is 0.130 e. The highest BCUT2D eigenvalue weighted by Crippen LogP contribution is 2.44. The van der Waals surface area contributed by atoms with Crippen molar-refractivity contribution in [3.8, 4) is 5.75 Å². The monoisotopic (exact) mass is 279 g/mol. The first-order valence-corrected chi connectivity index (χ1v) is 7.62. The fraction of sp³-hybridized carbons (Fsp3) is 0.647. The van der Waals surface area contributed by atoms with E-state index >= 15 is 0 Å². The molecule has 0 atom stereocenters. The Morgan fingerprint density at radius 3 is 2.40 bits per heavy atom. The van der Waals surface area contributed by atoms with Gasteiger partial charge in [-0.2, -0.15) is 0 Å². The second-order valence-electron chi connectivity index (χ2n) is 6.27.